The first-order chi connectivity index (χ1) is 14.5. The molecule has 1 saturated heterocycles. The number of carbonyl (C=O) groups is 1. The third kappa shape index (κ3) is 5.49. The van der Waals surface area contributed by atoms with Crippen LogP contribution in [-0.2, 0) is 16.1 Å². The quantitative estimate of drug-likeness (QED) is 0.659. The van der Waals surface area contributed by atoms with Gasteiger partial charge in [0.1, 0.15) is 23.9 Å². The number of halogens is 1. The molecule has 1 aliphatic heterocycles. The van der Waals surface area contributed by atoms with Crippen molar-refractivity contribution in [2.24, 2.45) is 0 Å². The molecule has 3 rings (SSSR count). The van der Waals surface area contributed by atoms with Crippen molar-refractivity contribution in [2.75, 3.05) is 45.9 Å². The van der Waals surface area contributed by atoms with Crippen LogP contribution >= 0.6 is 0 Å². The van der Waals surface area contributed by atoms with E-state index in [1.54, 1.807) is 31.3 Å². The number of nitrogens with zero attached hydrogens (tertiary/aromatic N) is 2. The summed E-state index contributed by atoms with van der Waals surface area (Å²) in [6, 6.07) is 12.0. The maximum absolute atomic E-state index is 13.4. The van der Waals surface area contributed by atoms with Gasteiger partial charge in [-0.2, -0.15) is 0 Å². The van der Waals surface area contributed by atoms with Gasteiger partial charge in [0.15, 0.2) is 0 Å². The predicted octanol–water partition coefficient (Wildman–Crippen LogP) is 3.49. The summed E-state index contributed by atoms with van der Waals surface area (Å²) in [4.78, 5) is 16.8. The van der Waals surface area contributed by atoms with Crippen molar-refractivity contribution in [2.45, 2.75) is 25.4 Å². The van der Waals surface area contributed by atoms with Gasteiger partial charge in [0.2, 0.25) is 0 Å². The molecule has 0 radical (unpaired) electrons. The van der Waals surface area contributed by atoms with Crippen molar-refractivity contribution in [1.82, 2.24) is 4.90 Å². The minimum atomic E-state index is -0.318. The van der Waals surface area contributed by atoms with E-state index in [1.165, 1.54) is 19.2 Å². The molecule has 7 heteroatoms. The van der Waals surface area contributed by atoms with Gasteiger partial charge in [0, 0.05) is 44.5 Å². The number of carbonyl (C=O) groups excluding carboxylic acids is 1. The molecule has 0 aromatic heterocycles. The number of likely N-dealkylation sites (tertiary alicyclic amines) is 1. The molecule has 6 nitrogen and oxygen atoms in total. The van der Waals surface area contributed by atoms with Crippen LogP contribution in [0, 0.1) is 5.82 Å². The van der Waals surface area contributed by atoms with Crippen LogP contribution < -0.4 is 14.4 Å². The van der Waals surface area contributed by atoms with Crippen LogP contribution in [0.15, 0.2) is 42.5 Å². The lowest BCUT2D eigenvalue weighted by Crippen LogP contribution is -2.48. The summed E-state index contributed by atoms with van der Waals surface area (Å²) in [6.07, 6.45) is 1.65. The van der Waals surface area contributed by atoms with Crippen LogP contribution in [0.5, 0.6) is 11.5 Å². The summed E-state index contributed by atoms with van der Waals surface area (Å²) in [6.45, 7) is 2.48. The molecule has 0 atom stereocenters. The van der Waals surface area contributed by atoms with Gasteiger partial charge in [0.25, 0.3) is 5.91 Å². The zero-order valence-corrected chi connectivity index (χ0v) is 17.8. The Morgan fingerprint density at radius 2 is 1.63 bits per heavy atom. The Kier molecular flexibility index (Phi) is 7.65. The molecule has 2 aromatic carbocycles. The second kappa shape index (κ2) is 10.4. The van der Waals surface area contributed by atoms with Crippen LogP contribution in [0.2, 0.25) is 0 Å². The predicted molar refractivity (Wildman–Crippen MR) is 114 cm³/mol. The van der Waals surface area contributed by atoms with Gasteiger partial charge in [0.05, 0.1) is 14.2 Å². The van der Waals surface area contributed by atoms with Gasteiger partial charge in [-0.15, -0.1) is 0 Å². The summed E-state index contributed by atoms with van der Waals surface area (Å²) in [5.74, 6) is 1.11. The summed E-state index contributed by atoms with van der Waals surface area (Å²) in [5.41, 5.74) is 1.82. The minimum Gasteiger partial charge on any atom is -0.497 e. The lowest BCUT2D eigenvalue weighted by atomic mass is 10.0. The van der Waals surface area contributed by atoms with Gasteiger partial charge >= 0.3 is 0 Å². The molecule has 0 N–H and O–H groups in total. The molecule has 0 spiro atoms. The van der Waals surface area contributed by atoms with Crippen molar-refractivity contribution in [3.8, 4) is 11.5 Å². The highest BCUT2D eigenvalue weighted by Gasteiger charge is 2.29. The van der Waals surface area contributed by atoms with Crippen LogP contribution in [0.1, 0.15) is 18.4 Å². The Balaban J connectivity index is 1.67. The number of ether oxygens (including phenoxy) is 3. The second-order valence-corrected chi connectivity index (χ2v) is 7.40. The molecule has 0 saturated carbocycles. The van der Waals surface area contributed by atoms with Gasteiger partial charge in [-0.25, -0.2) is 4.39 Å². The molecular formula is C23H29FN2O4. The van der Waals surface area contributed by atoms with Crippen molar-refractivity contribution < 1.29 is 23.4 Å². The maximum atomic E-state index is 13.4. The largest absolute Gasteiger partial charge is 0.497 e. The first kappa shape index (κ1) is 22.1. The SMILES string of the molecule is COCC(=O)N(c1ccc(F)cc1)C1CCN(Cc2cc(OC)cc(OC)c2)CC1. The van der Waals surface area contributed by atoms with E-state index >= 15 is 0 Å². The van der Waals surface area contributed by atoms with Crippen molar-refractivity contribution >= 4 is 11.6 Å². The molecule has 1 heterocycles. The molecule has 0 bridgehead atoms. The summed E-state index contributed by atoms with van der Waals surface area (Å²) >= 11 is 0. The molecule has 30 heavy (non-hydrogen) atoms. The van der Waals surface area contributed by atoms with E-state index in [-0.39, 0.29) is 24.4 Å². The number of rotatable bonds is 8. The van der Waals surface area contributed by atoms with Gasteiger partial charge in [-0.3, -0.25) is 9.69 Å². The fraction of sp³-hybridized carbons (Fsp3) is 0.435. The molecule has 0 unspecified atom stereocenters. The number of piperidine rings is 1. The zero-order valence-electron chi connectivity index (χ0n) is 17.8. The third-order valence-corrected chi connectivity index (χ3v) is 5.38. The maximum Gasteiger partial charge on any atom is 0.253 e. The summed E-state index contributed by atoms with van der Waals surface area (Å²) < 4.78 is 29.1. The lowest BCUT2D eigenvalue weighted by Gasteiger charge is -2.38. The highest BCUT2D eigenvalue weighted by molar-refractivity contribution is 5.94. The zero-order chi connectivity index (χ0) is 21.5. The average molecular weight is 416 g/mol. The Hall–Kier alpha value is -2.64. The van der Waals surface area contributed by atoms with Gasteiger partial charge < -0.3 is 19.1 Å². The normalized spacial score (nSPS) is 15.1. The Bertz CT molecular complexity index is 813. The summed E-state index contributed by atoms with van der Waals surface area (Å²) in [7, 11) is 4.79. The molecule has 2 aromatic rings. The van der Waals surface area contributed by atoms with E-state index in [0.717, 1.165) is 49.5 Å². The average Bonchev–Trinajstić information content (AvgIpc) is 2.76. The molecule has 1 aliphatic rings. The van der Waals surface area contributed by atoms with Crippen LogP contribution in [-0.4, -0.2) is 57.9 Å². The van der Waals surface area contributed by atoms with Crippen molar-refractivity contribution in [1.29, 1.82) is 0 Å². The number of anilines is 1. The van der Waals surface area contributed by atoms with E-state index in [4.69, 9.17) is 14.2 Å². The first-order valence-corrected chi connectivity index (χ1v) is 10.0. The molecule has 162 valence electrons. The van der Waals surface area contributed by atoms with Gasteiger partial charge in [-0.05, 0) is 54.8 Å². The van der Waals surface area contributed by atoms with E-state index in [0.29, 0.717) is 5.69 Å². The monoisotopic (exact) mass is 416 g/mol. The number of methoxy groups -OCH3 is 3. The summed E-state index contributed by atoms with van der Waals surface area (Å²) in [5, 5.41) is 0. The van der Waals surface area contributed by atoms with Crippen molar-refractivity contribution in [3.63, 3.8) is 0 Å². The van der Waals surface area contributed by atoms with E-state index < -0.39 is 0 Å². The van der Waals surface area contributed by atoms with E-state index in [9.17, 15) is 9.18 Å². The molecule has 0 aliphatic carbocycles. The number of hydrogen-bond donors (Lipinski definition) is 0. The van der Waals surface area contributed by atoms with E-state index in [1.807, 2.05) is 18.2 Å². The second-order valence-electron chi connectivity index (χ2n) is 7.40. The topological polar surface area (TPSA) is 51.2 Å². The first-order valence-electron chi connectivity index (χ1n) is 10.0. The number of hydrogen-bond acceptors (Lipinski definition) is 5. The van der Waals surface area contributed by atoms with Crippen molar-refractivity contribution in [3.05, 3.63) is 53.8 Å². The van der Waals surface area contributed by atoms with Crippen LogP contribution in [0.4, 0.5) is 10.1 Å². The third-order valence-electron chi connectivity index (χ3n) is 5.38. The molecule has 1 fully saturated rings. The van der Waals surface area contributed by atoms with Crippen LogP contribution in [0.25, 0.3) is 0 Å². The highest BCUT2D eigenvalue weighted by Crippen LogP contribution is 2.27. The minimum absolute atomic E-state index is 0.00119. The van der Waals surface area contributed by atoms with Crippen LogP contribution in [0.3, 0.4) is 0 Å². The van der Waals surface area contributed by atoms with E-state index in [2.05, 4.69) is 4.90 Å². The van der Waals surface area contributed by atoms with Gasteiger partial charge in [-0.1, -0.05) is 0 Å². The standard InChI is InChI=1S/C23H29FN2O4/c1-28-16-23(27)26(19-6-4-18(24)5-7-19)20-8-10-25(11-9-20)15-17-12-21(29-2)14-22(13-17)30-3/h4-7,12-14,20H,8-11,15-16H2,1-3H3. The fourth-order valence-electron chi connectivity index (χ4n) is 3.90. The molecular weight excluding hydrogens is 387 g/mol. The Morgan fingerprint density at radius 1 is 1.03 bits per heavy atom. The smallest absolute Gasteiger partial charge is 0.253 e. The lowest BCUT2D eigenvalue weighted by molar-refractivity contribution is -0.122. The molecule has 1 amide bonds. The fourth-order valence-corrected chi connectivity index (χ4v) is 3.90. The number of benzene rings is 2. The Morgan fingerprint density at radius 3 is 2.17 bits per heavy atom. The highest BCUT2D eigenvalue weighted by atomic mass is 19.1. The number of amides is 1. The Labute approximate surface area is 177 Å².